The van der Waals surface area contributed by atoms with Gasteiger partial charge in [-0.2, -0.15) is 0 Å². The first kappa shape index (κ1) is 14.3. The van der Waals surface area contributed by atoms with Crippen LogP contribution in [-0.4, -0.2) is 37.2 Å². The first-order valence-corrected chi connectivity index (χ1v) is 8.26. The number of carbonyl (C=O) groups excluding carboxylic acids is 1. The van der Waals surface area contributed by atoms with Gasteiger partial charge in [-0.05, 0) is 26.0 Å². The first-order chi connectivity index (χ1) is 8.77. The number of alkyl halides is 1. The summed E-state index contributed by atoms with van der Waals surface area (Å²) in [5.74, 6) is -0.441. The van der Waals surface area contributed by atoms with E-state index in [2.05, 4.69) is 5.32 Å². The van der Waals surface area contributed by atoms with Crippen molar-refractivity contribution in [1.29, 1.82) is 0 Å². The Morgan fingerprint density at radius 1 is 1.21 bits per heavy atom. The molecule has 2 unspecified atom stereocenters. The van der Waals surface area contributed by atoms with E-state index in [1.165, 1.54) is 0 Å². The van der Waals surface area contributed by atoms with Crippen LogP contribution < -0.4 is 5.32 Å². The van der Waals surface area contributed by atoms with Crippen LogP contribution in [0.25, 0.3) is 0 Å². The van der Waals surface area contributed by atoms with Crippen LogP contribution in [0.5, 0.6) is 0 Å². The minimum absolute atomic E-state index is 0.0770. The second-order valence-corrected chi connectivity index (χ2v) is 7.76. The second-order valence-electron chi connectivity index (χ2n) is 5.05. The minimum atomic E-state index is -3.14. The maximum absolute atomic E-state index is 12.1. The first-order valence-electron chi connectivity index (χ1n) is 6.00. The topological polar surface area (TPSA) is 63.2 Å². The molecular formula is C13H16ClNO3S. The molecule has 1 N–H and O–H groups in total. The Morgan fingerprint density at radius 2 is 1.79 bits per heavy atom. The van der Waals surface area contributed by atoms with Crippen molar-refractivity contribution in [3.8, 4) is 0 Å². The van der Waals surface area contributed by atoms with Gasteiger partial charge in [0.05, 0.1) is 22.9 Å². The third kappa shape index (κ3) is 3.48. The van der Waals surface area contributed by atoms with Crippen LogP contribution in [0.1, 0.15) is 21.5 Å². The number of carbonyl (C=O) groups is 1. The molecule has 104 valence electrons. The van der Waals surface area contributed by atoms with E-state index in [0.29, 0.717) is 5.56 Å². The van der Waals surface area contributed by atoms with Gasteiger partial charge in [-0.3, -0.25) is 4.79 Å². The number of hydrogen-bond donors (Lipinski definition) is 1. The average Bonchev–Trinajstić information content (AvgIpc) is 2.50. The van der Waals surface area contributed by atoms with Gasteiger partial charge in [0, 0.05) is 5.56 Å². The van der Waals surface area contributed by atoms with Crippen molar-refractivity contribution in [3.05, 3.63) is 34.9 Å². The Bertz CT molecular complexity index is 592. The van der Waals surface area contributed by atoms with Crippen molar-refractivity contribution in [3.63, 3.8) is 0 Å². The van der Waals surface area contributed by atoms with Gasteiger partial charge in [-0.15, -0.1) is 11.6 Å². The van der Waals surface area contributed by atoms with Crippen LogP contribution in [0.15, 0.2) is 18.2 Å². The van der Waals surface area contributed by atoms with E-state index < -0.39 is 21.3 Å². The Hall–Kier alpha value is -1.07. The molecule has 1 aromatic carbocycles. The molecule has 1 fully saturated rings. The van der Waals surface area contributed by atoms with Gasteiger partial charge in [-0.1, -0.05) is 17.2 Å². The molecule has 1 aliphatic heterocycles. The van der Waals surface area contributed by atoms with Crippen molar-refractivity contribution in [2.24, 2.45) is 0 Å². The Labute approximate surface area is 118 Å². The van der Waals surface area contributed by atoms with Gasteiger partial charge in [0.1, 0.15) is 0 Å². The smallest absolute Gasteiger partial charge is 0.251 e. The molecule has 1 saturated heterocycles. The standard InChI is InChI=1S/C13H16ClNO3S/c1-8-3-9(2)5-10(4-8)13(16)15-12-7-19(17,18)6-11(12)14/h3-5,11-12H,6-7H2,1-2H3,(H,15,16). The highest BCUT2D eigenvalue weighted by Crippen LogP contribution is 2.19. The van der Waals surface area contributed by atoms with E-state index in [1.54, 1.807) is 12.1 Å². The van der Waals surface area contributed by atoms with Crippen LogP contribution >= 0.6 is 11.6 Å². The summed E-state index contributed by atoms with van der Waals surface area (Å²) in [4.78, 5) is 12.1. The second kappa shape index (κ2) is 5.13. The maximum Gasteiger partial charge on any atom is 0.251 e. The lowest BCUT2D eigenvalue weighted by molar-refractivity contribution is 0.0941. The van der Waals surface area contributed by atoms with Crippen LogP contribution in [-0.2, 0) is 9.84 Å². The number of sulfone groups is 1. The summed E-state index contributed by atoms with van der Waals surface area (Å²) >= 11 is 5.96. The van der Waals surface area contributed by atoms with Gasteiger partial charge in [-0.25, -0.2) is 8.42 Å². The quantitative estimate of drug-likeness (QED) is 0.841. The van der Waals surface area contributed by atoms with Crippen LogP contribution in [0.4, 0.5) is 0 Å². The lowest BCUT2D eigenvalue weighted by Gasteiger charge is -2.14. The number of aryl methyl sites for hydroxylation is 2. The predicted molar refractivity (Wildman–Crippen MR) is 75.5 cm³/mol. The molecule has 0 bridgehead atoms. The highest BCUT2D eigenvalue weighted by Gasteiger charge is 2.37. The lowest BCUT2D eigenvalue weighted by atomic mass is 10.1. The monoisotopic (exact) mass is 301 g/mol. The Kier molecular flexibility index (Phi) is 3.87. The fourth-order valence-corrected chi connectivity index (χ4v) is 4.84. The molecule has 1 heterocycles. The number of amides is 1. The van der Waals surface area contributed by atoms with Gasteiger partial charge >= 0.3 is 0 Å². The SMILES string of the molecule is Cc1cc(C)cc(C(=O)NC2CS(=O)(=O)CC2Cl)c1. The Balaban J connectivity index is 2.13. The molecule has 19 heavy (non-hydrogen) atoms. The number of hydrogen-bond acceptors (Lipinski definition) is 3. The van der Waals surface area contributed by atoms with Gasteiger partial charge in [0.15, 0.2) is 9.84 Å². The van der Waals surface area contributed by atoms with E-state index in [0.717, 1.165) is 11.1 Å². The fourth-order valence-electron chi connectivity index (χ4n) is 2.29. The summed E-state index contributed by atoms with van der Waals surface area (Å²) in [7, 11) is -3.14. The van der Waals surface area contributed by atoms with Crippen molar-refractivity contribution >= 4 is 27.3 Å². The maximum atomic E-state index is 12.1. The minimum Gasteiger partial charge on any atom is -0.347 e. The lowest BCUT2D eigenvalue weighted by Crippen LogP contribution is -2.40. The van der Waals surface area contributed by atoms with E-state index in [4.69, 9.17) is 11.6 Å². The van der Waals surface area contributed by atoms with Crippen LogP contribution in [0.2, 0.25) is 0 Å². The van der Waals surface area contributed by atoms with E-state index in [1.807, 2.05) is 19.9 Å². The fraction of sp³-hybridized carbons (Fsp3) is 0.462. The summed E-state index contributed by atoms with van der Waals surface area (Å²) in [5.41, 5.74) is 2.52. The Morgan fingerprint density at radius 3 is 2.26 bits per heavy atom. The number of nitrogens with one attached hydrogen (secondary N) is 1. The highest BCUT2D eigenvalue weighted by molar-refractivity contribution is 7.91. The third-order valence-electron chi connectivity index (χ3n) is 3.08. The van der Waals surface area contributed by atoms with Crippen LogP contribution in [0, 0.1) is 13.8 Å². The molecule has 2 atom stereocenters. The zero-order valence-corrected chi connectivity index (χ0v) is 12.4. The summed E-state index contributed by atoms with van der Waals surface area (Å²) < 4.78 is 22.9. The summed E-state index contributed by atoms with van der Waals surface area (Å²) in [6.07, 6.45) is 0. The summed E-state index contributed by atoms with van der Waals surface area (Å²) in [6, 6.07) is 5.01. The number of rotatable bonds is 2. The van der Waals surface area contributed by atoms with Crippen molar-refractivity contribution < 1.29 is 13.2 Å². The van der Waals surface area contributed by atoms with Crippen molar-refractivity contribution in [1.82, 2.24) is 5.32 Å². The van der Waals surface area contributed by atoms with E-state index in [-0.39, 0.29) is 17.4 Å². The normalized spacial score (nSPS) is 25.2. The highest BCUT2D eigenvalue weighted by atomic mass is 35.5. The molecule has 4 nitrogen and oxygen atoms in total. The third-order valence-corrected chi connectivity index (χ3v) is 5.46. The molecule has 2 rings (SSSR count). The molecule has 0 aromatic heterocycles. The zero-order chi connectivity index (χ0) is 14.2. The molecule has 1 aromatic rings. The van der Waals surface area contributed by atoms with E-state index >= 15 is 0 Å². The molecule has 0 spiro atoms. The van der Waals surface area contributed by atoms with E-state index in [9.17, 15) is 13.2 Å². The van der Waals surface area contributed by atoms with Crippen molar-refractivity contribution in [2.45, 2.75) is 25.3 Å². The molecule has 6 heteroatoms. The van der Waals surface area contributed by atoms with Crippen molar-refractivity contribution in [2.75, 3.05) is 11.5 Å². The summed E-state index contributed by atoms with van der Waals surface area (Å²) in [5, 5.41) is 2.15. The molecule has 0 aliphatic carbocycles. The molecule has 0 saturated carbocycles. The largest absolute Gasteiger partial charge is 0.347 e. The number of halogens is 1. The zero-order valence-electron chi connectivity index (χ0n) is 10.8. The summed E-state index contributed by atoms with van der Waals surface area (Å²) in [6.45, 7) is 3.82. The van der Waals surface area contributed by atoms with Gasteiger partial charge in [0.25, 0.3) is 5.91 Å². The molecule has 1 amide bonds. The predicted octanol–water partition coefficient (Wildman–Crippen LogP) is 1.44. The van der Waals surface area contributed by atoms with Gasteiger partial charge in [0.2, 0.25) is 0 Å². The average molecular weight is 302 g/mol. The van der Waals surface area contributed by atoms with Crippen LogP contribution in [0.3, 0.4) is 0 Å². The molecular weight excluding hydrogens is 286 g/mol. The van der Waals surface area contributed by atoms with Gasteiger partial charge < -0.3 is 5.32 Å². The molecule has 1 aliphatic rings. The molecule has 0 radical (unpaired) electrons. The number of benzene rings is 1.